The first-order valence-electron chi connectivity index (χ1n) is 11.7. The van der Waals surface area contributed by atoms with Gasteiger partial charge in [-0.2, -0.15) is 0 Å². The number of piperidine rings is 1. The molecule has 0 spiro atoms. The van der Waals surface area contributed by atoms with Crippen molar-refractivity contribution in [2.75, 3.05) is 13.1 Å². The fraction of sp³-hybridized carbons (Fsp3) is 0.370. The van der Waals surface area contributed by atoms with Gasteiger partial charge in [0.2, 0.25) is 0 Å². The van der Waals surface area contributed by atoms with Crippen LogP contribution >= 0.6 is 11.3 Å². The predicted molar refractivity (Wildman–Crippen MR) is 132 cm³/mol. The molecule has 3 unspecified atom stereocenters. The second-order valence-corrected chi connectivity index (χ2v) is 10.4. The van der Waals surface area contributed by atoms with Crippen LogP contribution in [0.5, 0.6) is 0 Å². The van der Waals surface area contributed by atoms with E-state index >= 15 is 0 Å². The van der Waals surface area contributed by atoms with Gasteiger partial charge in [-0.15, -0.1) is 11.3 Å². The van der Waals surface area contributed by atoms with E-state index in [1.54, 1.807) is 11.3 Å². The maximum Gasteiger partial charge on any atom is 0.274 e. The average Bonchev–Trinajstić information content (AvgIpc) is 3.33. The summed E-state index contributed by atoms with van der Waals surface area (Å²) in [5.41, 5.74) is 4.60. The lowest BCUT2D eigenvalue weighted by molar-refractivity contribution is 0.0690. The zero-order valence-corrected chi connectivity index (χ0v) is 20.1. The molecule has 1 aliphatic heterocycles. The number of nitrogens with one attached hydrogen (secondary N) is 1. The second-order valence-electron chi connectivity index (χ2n) is 9.23. The topological polar surface area (TPSA) is 62.3 Å². The Balaban J connectivity index is 1.33. The van der Waals surface area contributed by atoms with Crippen molar-refractivity contribution in [2.45, 2.75) is 39.7 Å². The van der Waals surface area contributed by atoms with Gasteiger partial charge in [0.25, 0.3) is 11.8 Å². The zero-order valence-electron chi connectivity index (χ0n) is 19.3. The number of carbonyl (C=O) groups excluding carboxylic acids is 2. The SMILES string of the molecule is CCc1ccc(C(=O)NCC2C3CC3CN2C(=O)c2nc(C)sc2-c2cccc(C)c2)cc1. The van der Waals surface area contributed by atoms with E-state index in [0.29, 0.717) is 29.6 Å². The first kappa shape index (κ1) is 21.8. The van der Waals surface area contributed by atoms with Crippen molar-refractivity contribution in [2.24, 2.45) is 11.8 Å². The van der Waals surface area contributed by atoms with Crippen LogP contribution in [0.15, 0.2) is 48.5 Å². The molecule has 5 nitrogen and oxygen atoms in total. The molecular weight excluding hydrogens is 430 g/mol. The number of thiazole rings is 1. The van der Waals surface area contributed by atoms with Crippen LogP contribution < -0.4 is 5.32 Å². The Morgan fingerprint density at radius 3 is 2.67 bits per heavy atom. The molecule has 3 aromatic rings. The molecule has 0 radical (unpaired) electrons. The third-order valence-electron chi connectivity index (χ3n) is 6.88. The van der Waals surface area contributed by atoms with E-state index in [2.05, 4.69) is 36.3 Å². The average molecular weight is 460 g/mol. The lowest BCUT2D eigenvalue weighted by atomic mass is 10.1. The van der Waals surface area contributed by atoms with Gasteiger partial charge >= 0.3 is 0 Å². The molecule has 2 fully saturated rings. The number of rotatable bonds is 6. The molecule has 1 N–H and O–H groups in total. The fourth-order valence-corrected chi connectivity index (χ4v) is 5.85. The molecule has 33 heavy (non-hydrogen) atoms. The van der Waals surface area contributed by atoms with Crippen molar-refractivity contribution in [3.8, 4) is 10.4 Å². The van der Waals surface area contributed by atoms with E-state index in [-0.39, 0.29) is 17.9 Å². The minimum absolute atomic E-state index is 0.0189. The van der Waals surface area contributed by atoms with Crippen LogP contribution in [0.1, 0.15) is 50.3 Å². The number of aromatic nitrogens is 1. The van der Waals surface area contributed by atoms with Gasteiger partial charge in [0.15, 0.2) is 0 Å². The zero-order chi connectivity index (χ0) is 23.1. The van der Waals surface area contributed by atoms with Crippen LogP contribution in [0.4, 0.5) is 0 Å². The Bertz CT molecular complexity index is 1200. The number of hydrogen-bond acceptors (Lipinski definition) is 4. The largest absolute Gasteiger partial charge is 0.350 e. The van der Waals surface area contributed by atoms with Gasteiger partial charge in [-0.05, 0) is 61.8 Å². The van der Waals surface area contributed by atoms with E-state index in [1.165, 1.54) is 5.56 Å². The van der Waals surface area contributed by atoms with Crippen LogP contribution in [0.3, 0.4) is 0 Å². The van der Waals surface area contributed by atoms with Gasteiger partial charge in [-0.3, -0.25) is 9.59 Å². The van der Waals surface area contributed by atoms with Crippen molar-refractivity contribution >= 4 is 23.2 Å². The highest BCUT2D eigenvalue weighted by atomic mass is 32.1. The highest BCUT2D eigenvalue weighted by Crippen LogP contribution is 2.50. The normalized spacial score (nSPS) is 21.1. The summed E-state index contributed by atoms with van der Waals surface area (Å²) in [6, 6.07) is 16.0. The maximum atomic E-state index is 13.7. The standard InChI is InChI=1S/C27H29N3O2S/c1-4-18-8-10-19(11-9-18)26(31)28-14-23-22-13-21(22)15-30(23)27(32)24-25(33-17(3)29-24)20-7-5-6-16(2)12-20/h5-12,21-23H,4,13-15H2,1-3H3,(H,28,31). The molecule has 5 rings (SSSR count). The number of benzene rings is 2. The van der Waals surface area contributed by atoms with Crippen LogP contribution in [-0.2, 0) is 6.42 Å². The van der Waals surface area contributed by atoms with Crippen molar-refractivity contribution in [1.29, 1.82) is 0 Å². The summed E-state index contributed by atoms with van der Waals surface area (Å²) in [5.74, 6) is 0.912. The number of carbonyl (C=O) groups is 2. The molecule has 3 atom stereocenters. The number of fused-ring (bicyclic) bond motifs is 1. The summed E-state index contributed by atoms with van der Waals surface area (Å²) in [7, 11) is 0. The Hall–Kier alpha value is -2.99. The summed E-state index contributed by atoms with van der Waals surface area (Å²) >= 11 is 1.57. The van der Waals surface area contributed by atoms with Gasteiger partial charge < -0.3 is 10.2 Å². The predicted octanol–water partition coefficient (Wildman–Crippen LogP) is 4.88. The number of likely N-dealkylation sites (tertiary alicyclic amines) is 1. The third-order valence-corrected chi connectivity index (χ3v) is 7.90. The third kappa shape index (κ3) is 4.32. The fourth-order valence-electron chi connectivity index (χ4n) is 4.95. The van der Waals surface area contributed by atoms with Crippen LogP contribution in [0.25, 0.3) is 10.4 Å². The minimum Gasteiger partial charge on any atom is -0.350 e. The number of amides is 2. The molecule has 1 saturated carbocycles. The Labute approximate surface area is 198 Å². The molecule has 0 bridgehead atoms. The van der Waals surface area contributed by atoms with Gasteiger partial charge in [0.1, 0.15) is 5.69 Å². The summed E-state index contributed by atoms with van der Waals surface area (Å²) < 4.78 is 0. The monoisotopic (exact) mass is 459 g/mol. The van der Waals surface area contributed by atoms with E-state index in [4.69, 9.17) is 0 Å². The molecule has 2 aromatic carbocycles. The number of hydrogen-bond donors (Lipinski definition) is 1. The van der Waals surface area contributed by atoms with Crippen molar-refractivity contribution in [3.05, 3.63) is 75.9 Å². The Morgan fingerprint density at radius 1 is 1.15 bits per heavy atom. The van der Waals surface area contributed by atoms with E-state index in [9.17, 15) is 9.59 Å². The van der Waals surface area contributed by atoms with E-state index in [1.807, 2.05) is 48.2 Å². The molecule has 2 amide bonds. The molecule has 2 heterocycles. The summed E-state index contributed by atoms with van der Waals surface area (Å²) in [5, 5.41) is 3.97. The smallest absolute Gasteiger partial charge is 0.274 e. The van der Waals surface area contributed by atoms with Crippen LogP contribution in [-0.4, -0.2) is 40.8 Å². The van der Waals surface area contributed by atoms with Gasteiger partial charge in [-0.25, -0.2) is 4.98 Å². The molecule has 170 valence electrons. The molecular formula is C27H29N3O2S. The quantitative estimate of drug-likeness (QED) is 0.571. The van der Waals surface area contributed by atoms with Gasteiger partial charge in [0, 0.05) is 18.7 Å². The highest BCUT2D eigenvalue weighted by molar-refractivity contribution is 7.15. The Morgan fingerprint density at radius 2 is 1.94 bits per heavy atom. The molecule has 1 aliphatic carbocycles. The van der Waals surface area contributed by atoms with Crippen molar-refractivity contribution < 1.29 is 9.59 Å². The number of aryl methyl sites for hydroxylation is 3. The lowest BCUT2D eigenvalue weighted by Gasteiger charge is -2.27. The molecule has 2 aliphatic rings. The summed E-state index contributed by atoms with van der Waals surface area (Å²) in [6.07, 6.45) is 2.08. The highest BCUT2D eigenvalue weighted by Gasteiger charge is 2.54. The maximum absolute atomic E-state index is 13.7. The van der Waals surface area contributed by atoms with Gasteiger partial charge in [0.05, 0.1) is 15.9 Å². The van der Waals surface area contributed by atoms with Crippen LogP contribution in [0, 0.1) is 25.7 Å². The molecule has 1 aromatic heterocycles. The first-order valence-corrected chi connectivity index (χ1v) is 12.5. The first-order chi connectivity index (χ1) is 15.9. The summed E-state index contributed by atoms with van der Waals surface area (Å²) in [4.78, 5) is 33.9. The molecule has 1 saturated heterocycles. The van der Waals surface area contributed by atoms with Crippen molar-refractivity contribution in [1.82, 2.24) is 15.2 Å². The van der Waals surface area contributed by atoms with E-state index in [0.717, 1.165) is 40.4 Å². The van der Waals surface area contributed by atoms with Crippen LogP contribution in [0.2, 0.25) is 0 Å². The second kappa shape index (κ2) is 8.75. The lowest BCUT2D eigenvalue weighted by Crippen LogP contribution is -2.45. The summed E-state index contributed by atoms with van der Waals surface area (Å²) in [6.45, 7) is 7.33. The Kier molecular flexibility index (Phi) is 5.79. The minimum atomic E-state index is -0.0842. The van der Waals surface area contributed by atoms with Crippen molar-refractivity contribution in [3.63, 3.8) is 0 Å². The number of nitrogens with zero attached hydrogens (tertiary/aromatic N) is 2. The van der Waals surface area contributed by atoms with E-state index < -0.39 is 0 Å². The molecule has 6 heteroatoms. The van der Waals surface area contributed by atoms with Gasteiger partial charge in [-0.1, -0.05) is 48.9 Å².